The number of ketones is 1. The Bertz CT molecular complexity index is 1190. The molecule has 3 aromatic rings. The third-order valence-electron chi connectivity index (χ3n) is 5.59. The number of fused-ring (bicyclic) bond motifs is 4. The van der Waals surface area contributed by atoms with E-state index in [0.717, 1.165) is 34.5 Å². The highest BCUT2D eigenvalue weighted by atomic mass is 32.1. The van der Waals surface area contributed by atoms with Gasteiger partial charge in [0, 0.05) is 22.5 Å². The molecule has 0 radical (unpaired) electrons. The van der Waals surface area contributed by atoms with Crippen LogP contribution in [0.4, 0.5) is 5.69 Å². The second-order valence-electron chi connectivity index (χ2n) is 7.54. The van der Waals surface area contributed by atoms with Crippen molar-refractivity contribution in [3.8, 4) is 10.4 Å². The van der Waals surface area contributed by atoms with Gasteiger partial charge in [0.15, 0.2) is 12.4 Å². The van der Waals surface area contributed by atoms with Crippen LogP contribution in [0.5, 0.6) is 0 Å². The van der Waals surface area contributed by atoms with Gasteiger partial charge in [0.2, 0.25) is 5.91 Å². The Morgan fingerprint density at radius 1 is 0.933 bits per heavy atom. The van der Waals surface area contributed by atoms with E-state index < -0.39 is 5.97 Å². The molecular weight excluding hydrogens is 398 g/mol. The van der Waals surface area contributed by atoms with Crippen molar-refractivity contribution in [2.75, 3.05) is 11.9 Å². The Morgan fingerprint density at radius 3 is 2.63 bits per heavy atom. The Kier molecular flexibility index (Phi) is 4.71. The number of rotatable bonds is 4. The van der Waals surface area contributed by atoms with Crippen LogP contribution < -0.4 is 5.32 Å². The lowest BCUT2D eigenvalue weighted by Gasteiger charge is -2.17. The number of nitrogens with one attached hydrogen (secondary N) is 1. The summed E-state index contributed by atoms with van der Waals surface area (Å²) in [4.78, 5) is 38.2. The van der Waals surface area contributed by atoms with Crippen molar-refractivity contribution in [3.05, 3.63) is 75.7 Å². The van der Waals surface area contributed by atoms with Crippen LogP contribution in [-0.2, 0) is 28.8 Å². The predicted octanol–water partition coefficient (Wildman–Crippen LogP) is 4.44. The number of thiophene rings is 1. The fourth-order valence-electron chi connectivity index (χ4n) is 4.01. The number of ether oxygens (including phenoxy) is 1. The molecule has 5 rings (SSSR count). The zero-order chi connectivity index (χ0) is 20.7. The summed E-state index contributed by atoms with van der Waals surface area (Å²) in [6, 6.07) is 15.3. The first-order valence-corrected chi connectivity index (χ1v) is 10.7. The van der Waals surface area contributed by atoms with Gasteiger partial charge in [0.25, 0.3) is 0 Å². The van der Waals surface area contributed by atoms with Crippen molar-refractivity contribution in [2.45, 2.75) is 25.7 Å². The Balaban J connectivity index is 1.28. The van der Waals surface area contributed by atoms with Crippen molar-refractivity contribution >= 4 is 34.7 Å². The fourth-order valence-corrected chi connectivity index (χ4v) is 5.18. The summed E-state index contributed by atoms with van der Waals surface area (Å²) in [5.41, 5.74) is 5.79. The lowest BCUT2D eigenvalue weighted by atomic mass is 9.91. The standard InChI is InChI=1S/C24H19NO4S/c26-20(16-7-9-19-15(11-16)8-10-22(27)25-19)13-29-24(28)21-12-17-6-5-14-3-1-2-4-18(14)23(17)30-21/h1-4,7,9,11-12H,5-6,8,10,13H2,(H,25,27). The number of carbonyl (C=O) groups excluding carboxylic acids is 3. The maximum absolute atomic E-state index is 12.6. The molecule has 0 saturated carbocycles. The molecule has 30 heavy (non-hydrogen) atoms. The number of Topliss-reactive ketones (excluding diaryl/α,β-unsaturated/α-hetero) is 1. The maximum atomic E-state index is 12.6. The van der Waals surface area contributed by atoms with E-state index in [0.29, 0.717) is 23.3 Å². The lowest BCUT2D eigenvalue weighted by Crippen LogP contribution is -2.20. The zero-order valence-electron chi connectivity index (χ0n) is 16.2. The highest BCUT2D eigenvalue weighted by Crippen LogP contribution is 2.39. The van der Waals surface area contributed by atoms with E-state index in [1.54, 1.807) is 18.2 Å². The van der Waals surface area contributed by atoms with Crippen molar-refractivity contribution in [3.63, 3.8) is 0 Å². The predicted molar refractivity (Wildman–Crippen MR) is 115 cm³/mol. The molecule has 150 valence electrons. The van der Waals surface area contributed by atoms with Crippen LogP contribution in [-0.4, -0.2) is 24.3 Å². The van der Waals surface area contributed by atoms with E-state index in [-0.39, 0.29) is 18.3 Å². The van der Waals surface area contributed by atoms with Gasteiger partial charge in [-0.2, -0.15) is 0 Å². The number of benzene rings is 2. The molecule has 0 saturated heterocycles. The Morgan fingerprint density at radius 2 is 1.73 bits per heavy atom. The molecule has 1 aliphatic carbocycles. The molecule has 2 aromatic carbocycles. The average Bonchev–Trinajstić information content (AvgIpc) is 3.22. The van der Waals surface area contributed by atoms with E-state index in [4.69, 9.17) is 4.74 Å². The van der Waals surface area contributed by atoms with E-state index in [1.807, 2.05) is 18.2 Å². The number of carbonyl (C=O) groups is 3. The first-order chi connectivity index (χ1) is 14.6. The summed E-state index contributed by atoms with van der Waals surface area (Å²) in [7, 11) is 0. The number of hydrogen-bond donors (Lipinski definition) is 1. The molecule has 1 aromatic heterocycles. The average molecular weight is 417 g/mol. The highest BCUT2D eigenvalue weighted by Gasteiger charge is 2.23. The van der Waals surface area contributed by atoms with Gasteiger partial charge in [-0.1, -0.05) is 24.3 Å². The molecule has 0 unspecified atom stereocenters. The normalized spacial score (nSPS) is 14.2. The van der Waals surface area contributed by atoms with Crippen molar-refractivity contribution in [1.29, 1.82) is 0 Å². The molecular formula is C24H19NO4S. The molecule has 0 fully saturated rings. The summed E-state index contributed by atoms with van der Waals surface area (Å²) in [6.45, 7) is -0.302. The second-order valence-corrected chi connectivity index (χ2v) is 8.59. The number of hydrogen-bond acceptors (Lipinski definition) is 5. The molecule has 0 spiro atoms. The third-order valence-corrected chi connectivity index (χ3v) is 6.78. The van der Waals surface area contributed by atoms with Gasteiger partial charge in [-0.3, -0.25) is 9.59 Å². The summed E-state index contributed by atoms with van der Waals surface area (Å²) < 4.78 is 5.32. The number of amides is 1. The van der Waals surface area contributed by atoms with Gasteiger partial charge in [0.05, 0.1) is 0 Å². The molecule has 6 heteroatoms. The van der Waals surface area contributed by atoms with Crippen molar-refractivity contribution in [2.24, 2.45) is 0 Å². The Hall–Kier alpha value is -3.25. The highest BCUT2D eigenvalue weighted by molar-refractivity contribution is 7.17. The van der Waals surface area contributed by atoms with E-state index in [1.165, 1.54) is 22.5 Å². The zero-order valence-corrected chi connectivity index (χ0v) is 17.0. The quantitative estimate of drug-likeness (QED) is 0.503. The molecule has 1 aliphatic heterocycles. The van der Waals surface area contributed by atoms with Crippen LogP contribution in [0.1, 0.15) is 43.1 Å². The molecule has 2 heterocycles. The summed E-state index contributed by atoms with van der Waals surface area (Å²) in [5, 5.41) is 2.79. The van der Waals surface area contributed by atoms with Crippen molar-refractivity contribution in [1.82, 2.24) is 0 Å². The summed E-state index contributed by atoms with van der Waals surface area (Å²) in [5.74, 6) is -0.739. The first-order valence-electron chi connectivity index (χ1n) is 9.92. The molecule has 0 bridgehead atoms. The topological polar surface area (TPSA) is 72.5 Å². The lowest BCUT2D eigenvalue weighted by molar-refractivity contribution is -0.116. The molecule has 1 amide bonds. The largest absolute Gasteiger partial charge is 0.453 e. The van der Waals surface area contributed by atoms with Gasteiger partial charge in [0.1, 0.15) is 4.88 Å². The number of esters is 1. The van der Waals surface area contributed by atoms with Crippen LogP contribution in [0.3, 0.4) is 0 Å². The summed E-state index contributed by atoms with van der Waals surface area (Å²) in [6.07, 6.45) is 2.88. The minimum absolute atomic E-state index is 0.0169. The fraction of sp³-hybridized carbons (Fsp3) is 0.208. The molecule has 5 nitrogen and oxygen atoms in total. The van der Waals surface area contributed by atoms with Crippen LogP contribution >= 0.6 is 11.3 Å². The minimum Gasteiger partial charge on any atom is -0.453 e. The smallest absolute Gasteiger partial charge is 0.348 e. The van der Waals surface area contributed by atoms with Crippen molar-refractivity contribution < 1.29 is 19.1 Å². The molecule has 1 N–H and O–H groups in total. The Labute approximate surface area is 177 Å². The molecule has 0 atom stereocenters. The number of aryl methyl sites for hydroxylation is 3. The van der Waals surface area contributed by atoms with Crippen LogP contribution in [0.25, 0.3) is 10.4 Å². The monoisotopic (exact) mass is 417 g/mol. The summed E-state index contributed by atoms with van der Waals surface area (Å²) >= 11 is 1.43. The van der Waals surface area contributed by atoms with Gasteiger partial charge in [-0.25, -0.2) is 4.79 Å². The van der Waals surface area contributed by atoms with Gasteiger partial charge < -0.3 is 10.1 Å². The van der Waals surface area contributed by atoms with E-state index >= 15 is 0 Å². The van der Waals surface area contributed by atoms with Gasteiger partial charge in [-0.05, 0) is 65.8 Å². The van der Waals surface area contributed by atoms with E-state index in [2.05, 4.69) is 17.4 Å². The van der Waals surface area contributed by atoms with E-state index in [9.17, 15) is 14.4 Å². The van der Waals surface area contributed by atoms with Crippen LogP contribution in [0.15, 0.2) is 48.5 Å². The maximum Gasteiger partial charge on any atom is 0.348 e. The third kappa shape index (κ3) is 3.44. The number of anilines is 1. The SMILES string of the molecule is O=C1CCc2cc(C(=O)COC(=O)c3cc4c(s3)-c3ccccc3CC4)ccc2N1. The second kappa shape index (κ2) is 7.54. The van der Waals surface area contributed by atoms with Gasteiger partial charge >= 0.3 is 5.97 Å². The minimum atomic E-state index is -0.467. The van der Waals surface area contributed by atoms with Crippen LogP contribution in [0, 0.1) is 0 Å². The van der Waals surface area contributed by atoms with Gasteiger partial charge in [-0.15, -0.1) is 11.3 Å². The first kappa shape index (κ1) is 18.8. The molecule has 2 aliphatic rings. The van der Waals surface area contributed by atoms with Crippen LogP contribution in [0.2, 0.25) is 0 Å².